The van der Waals surface area contributed by atoms with E-state index in [1.54, 1.807) is 30.3 Å². The topological polar surface area (TPSA) is 89.9 Å². The van der Waals surface area contributed by atoms with Gasteiger partial charge in [0.2, 0.25) is 10.0 Å². The van der Waals surface area contributed by atoms with Gasteiger partial charge in [-0.1, -0.05) is 55.8 Å². The van der Waals surface area contributed by atoms with Crippen LogP contribution in [0.25, 0.3) is 0 Å². The Hall–Kier alpha value is -1.77. The van der Waals surface area contributed by atoms with Crippen LogP contribution in [-0.2, 0) is 23.0 Å². The minimum Gasteiger partial charge on any atom is -0.390 e. The molecule has 7 heteroatoms. The number of aliphatic hydroxyl groups is 2. The van der Waals surface area contributed by atoms with Gasteiger partial charge in [0.15, 0.2) is 0 Å². The Balaban J connectivity index is 1.60. The summed E-state index contributed by atoms with van der Waals surface area (Å²) in [7, 11) is -3.71. The highest BCUT2D eigenvalue weighted by molar-refractivity contribution is 7.89. The van der Waals surface area contributed by atoms with Crippen molar-refractivity contribution in [2.45, 2.75) is 55.8 Å². The molecule has 0 saturated carbocycles. The van der Waals surface area contributed by atoms with E-state index in [1.165, 1.54) is 22.7 Å². The second kappa shape index (κ2) is 10.0. The van der Waals surface area contributed by atoms with E-state index in [-0.39, 0.29) is 31.0 Å². The first-order valence-electron chi connectivity index (χ1n) is 10.6. The van der Waals surface area contributed by atoms with Crippen molar-refractivity contribution in [3.63, 3.8) is 0 Å². The van der Waals surface area contributed by atoms with E-state index in [4.69, 9.17) is 0 Å². The third-order valence-corrected chi connectivity index (χ3v) is 7.56. The van der Waals surface area contributed by atoms with Gasteiger partial charge in [-0.3, -0.25) is 0 Å². The van der Waals surface area contributed by atoms with Crippen molar-refractivity contribution in [3.8, 4) is 0 Å². The molecular weight excluding hydrogens is 400 g/mol. The third-order valence-electron chi connectivity index (χ3n) is 5.71. The number of piperidine rings is 1. The highest BCUT2D eigenvalue weighted by atomic mass is 32.2. The molecule has 1 saturated heterocycles. The molecule has 2 atom stereocenters. The highest BCUT2D eigenvalue weighted by Gasteiger charge is 2.44. The molecule has 0 aromatic heterocycles. The van der Waals surface area contributed by atoms with E-state index in [2.05, 4.69) is 36.5 Å². The summed E-state index contributed by atoms with van der Waals surface area (Å²) < 4.78 is 27.1. The van der Waals surface area contributed by atoms with Crippen molar-refractivity contribution >= 4 is 10.0 Å². The maximum Gasteiger partial charge on any atom is 0.243 e. The molecule has 1 fully saturated rings. The average Bonchev–Trinajstić information content (AvgIpc) is 2.76. The lowest BCUT2D eigenvalue weighted by atomic mass is 9.90. The first-order chi connectivity index (χ1) is 14.3. The van der Waals surface area contributed by atoms with Gasteiger partial charge < -0.3 is 15.5 Å². The number of rotatable bonds is 9. The van der Waals surface area contributed by atoms with Gasteiger partial charge in [-0.15, -0.1) is 0 Å². The number of β-amino-alcohol motifs (C(OH)–C–C–N with tert-alkyl or cyclic N) is 1. The lowest BCUT2D eigenvalue weighted by molar-refractivity contribution is -0.104. The maximum atomic E-state index is 12.9. The summed E-state index contributed by atoms with van der Waals surface area (Å²) >= 11 is 0. The Labute approximate surface area is 179 Å². The molecule has 1 aliphatic heterocycles. The molecule has 0 radical (unpaired) electrons. The molecule has 0 bridgehead atoms. The molecule has 30 heavy (non-hydrogen) atoms. The Morgan fingerprint density at radius 3 is 2.43 bits per heavy atom. The predicted octanol–water partition coefficient (Wildman–Crippen LogP) is 2.31. The van der Waals surface area contributed by atoms with Crippen LogP contribution in [0.4, 0.5) is 0 Å². The molecule has 0 amide bonds. The van der Waals surface area contributed by atoms with Crippen molar-refractivity contribution in [3.05, 3.63) is 65.7 Å². The number of hydrogen-bond acceptors (Lipinski definition) is 5. The number of nitrogens with zero attached hydrogens (tertiary/aromatic N) is 1. The summed E-state index contributed by atoms with van der Waals surface area (Å²) in [6, 6.07) is 16.5. The fraction of sp³-hybridized carbons (Fsp3) is 0.478. The monoisotopic (exact) mass is 432 g/mol. The average molecular weight is 433 g/mol. The minimum absolute atomic E-state index is 0.104. The van der Waals surface area contributed by atoms with Crippen LogP contribution in [-0.4, -0.2) is 54.3 Å². The molecule has 2 aromatic carbocycles. The van der Waals surface area contributed by atoms with Gasteiger partial charge in [0.05, 0.1) is 11.0 Å². The number of nitrogens with one attached hydrogen (secondary N) is 1. The predicted molar refractivity (Wildman–Crippen MR) is 118 cm³/mol. The molecule has 6 nitrogen and oxygen atoms in total. The SMILES string of the molecule is CCCCc1ccc(CNC[C@]2(O)CN(S(=O)(=O)c3ccccc3)CC[C@H]2O)cc1. The minimum atomic E-state index is -3.71. The molecule has 1 aliphatic rings. The van der Waals surface area contributed by atoms with E-state index in [9.17, 15) is 18.6 Å². The smallest absolute Gasteiger partial charge is 0.243 e. The first-order valence-corrected chi connectivity index (χ1v) is 12.0. The van der Waals surface area contributed by atoms with Crippen LogP contribution in [0.1, 0.15) is 37.3 Å². The molecular formula is C23H32N2O4S. The summed E-state index contributed by atoms with van der Waals surface area (Å²) in [5, 5.41) is 24.6. The Morgan fingerprint density at radius 1 is 1.10 bits per heavy atom. The lowest BCUT2D eigenvalue weighted by Gasteiger charge is -2.42. The van der Waals surface area contributed by atoms with Gasteiger partial charge in [-0.05, 0) is 42.5 Å². The second-order valence-electron chi connectivity index (χ2n) is 8.08. The lowest BCUT2D eigenvalue weighted by Crippen LogP contribution is -2.62. The maximum absolute atomic E-state index is 12.9. The van der Waals surface area contributed by atoms with E-state index in [1.807, 2.05) is 0 Å². The number of sulfonamides is 1. The van der Waals surface area contributed by atoms with E-state index >= 15 is 0 Å². The van der Waals surface area contributed by atoms with Crippen LogP contribution in [0, 0.1) is 0 Å². The molecule has 3 rings (SSSR count). The van der Waals surface area contributed by atoms with Crippen LogP contribution >= 0.6 is 0 Å². The molecule has 3 N–H and O–H groups in total. The van der Waals surface area contributed by atoms with Gasteiger partial charge in [0.1, 0.15) is 5.60 Å². The second-order valence-corrected chi connectivity index (χ2v) is 10.0. The first kappa shape index (κ1) is 22.9. The van der Waals surface area contributed by atoms with Crippen molar-refractivity contribution in [1.29, 1.82) is 0 Å². The summed E-state index contributed by atoms with van der Waals surface area (Å²) in [5.41, 5.74) is 0.850. The van der Waals surface area contributed by atoms with Gasteiger partial charge in [-0.2, -0.15) is 4.31 Å². The van der Waals surface area contributed by atoms with Crippen LogP contribution < -0.4 is 5.32 Å². The van der Waals surface area contributed by atoms with Crippen molar-refractivity contribution in [2.24, 2.45) is 0 Å². The van der Waals surface area contributed by atoms with Crippen LogP contribution in [0.3, 0.4) is 0 Å². The zero-order valence-electron chi connectivity index (χ0n) is 17.5. The van der Waals surface area contributed by atoms with Gasteiger partial charge in [0, 0.05) is 26.2 Å². The van der Waals surface area contributed by atoms with E-state index in [0.717, 1.165) is 12.0 Å². The van der Waals surface area contributed by atoms with Gasteiger partial charge in [-0.25, -0.2) is 8.42 Å². The zero-order valence-corrected chi connectivity index (χ0v) is 18.3. The van der Waals surface area contributed by atoms with E-state index < -0.39 is 21.7 Å². The van der Waals surface area contributed by atoms with Gasteiger partial charge in [0.25, 0.3) is 0 Å². The summed E-state index contributed by atoms with van der Waals surface area (Å²) in [4.78, 5) is 0.194. The summed E-state index contributed by atoms with van der Waals surface area (Å²) in [6.07, 6.45) is 2.62. The number of aryl methyl sites for hydroxylation is 1. The fourth-order valence-electron chi connectivity index (χ4n) is 3.77. The van der Waals surface area contributed by atoms with Crippen molar-refractivity contribution in [2.75, 3.05) is 19.6 Å². The quantitative estimate of drug-likeness (QED) is 0.566. The van der Waals surface area contributed by atoms with Crippen LogP contribution in [0.2, 0.25) is 0 Å². The standard InChI is InChI=1S/C23H32N2O4S/c1-2-3-7-19-10-12-20(13-11-19)16-24-17-23(27)18-25(15-14-22(23)26)30(28,29)21-8-5-4-6-9-21/h4-6,8-13,22,24,26-27H,2-3,7,14-18H2,1H3/t22-,23+/m1/s1. The molecule has 2 aromatic rings. The Kier molecular flexibility index (Phi) is 7.65. The normalized spacial score (nSPS) is 22.8. The Bertz CT molecular complexity index is 903. The summed E-state index contributed by atoms with van der Waals surface area (Å²) in [5.74, 6) is 0. The fourth-order valence-corrected chi connectivity index (χ4v) is 5.31. The van der Waals surface area contributed by atoms with E-state index in [0.29, 0.717) is 6.54 Å². The van der Waals surface area contributed by atoms with Gasteiger partial charge >= 0.3 is 0 Å². The highest BCUT2D eigenvalue weighted by Crippen LogP contribution is 2.26. The molecule has 0 aliphatic carbocycles. The van der Waals surface area contributed by atoms with Crippen LogP contribution in [0.15, 0.2) is 59.5 Å². The molecule has 0 spiro atoms. The number of aliphatic hydroxyl groups excluding tert-OH is 1. The third kappa shape index (κ3) is 5.47. The zero-order chi connectivity index (χ0) is 21.6. The largest absolute Gasteiger partial charge is 0.390 e. The summed E-state index contributed by atoms with van der Waals surface area (Å²) in [6.45, 7) is 2.85. The molecule has 0 unspecified atom stereocenters. The van der Waals surface area contributed by atoms with Crippen LogP contribution in [0.5, 0.6) is 0 Å². The molecule has 1 heterocycles. The number of benzene rings is 2. The molecule has 164 valence electrons. The van der Waals surface area contributed by atoms with Crippen molar-refractivity contribution in [1.82, 2.24) is 9.62 Å². The Morgan fingerprint density at radius 2 is 1.77 bits per heavy atom. The van der Waals surface area contributed by atoms with Crippen molar-refractivity contribution < 1.29 is 18.6 Å². The number of hydrogen-bond donors (Lipinski definition) is 3. The number of unbranched alkanes of at least 4 members (excludes halogenated alkanes) is 1.